The lowest BCUT2D eigenvalue weighted by Crippen LogP contribution is -1.98. The number of hydrogen-bond donors (Lipinski definition) is 0. The van der Waals surface area contributed by atoms with E-state index in [0.29, 0.717) is 6.42 Å². The largest absolute Gasteiger partial charge is 0.457 e. The fraction of sp³-hybridized carbons (Fsp3) is 0.364. The quantitative estimate of drug-likeness (QED) is 0.614. The first-order valence-corrected chi connectivity index (χ1v) is 4.52. The van der Waals surface area contributed by atoms with Crippen molar-refractivity contribution < 1.29 is 9.53 Å². The van der Waals surface area contributed by atoms with Crippen molar-refractivity contribution >= 4 is 5.97 Å². The first-order valence-electron chi connectivity index (χ1n) is 4.52. The van der Waals surface area contributed by atoms with Gasteiger partial charge in [0, 0.05) is 6.42 Å². The van der Waals surface area contributed by atoms with Gasteiger partial charge in [0.2, 0.25) is 0 Å². The molecular weight excluding hydrogens is 164 g/mol. The zero-order valence-corrected chi connectivity index (χ0v) is 7.62. The van der Waals surface area contributed by atoms with E-state index in [4.69, 9.17) is 4.74 Å². The van der Waals surface area contributed by atoms with Gasteiger partial charge in [0.1, 0.15) is 6.10 Å². The fourth-order valence-electron chi connectivity index (χ4n) is 1.63. The molecule has 1 atom stereocenters. The minimum Gasteiger partial charge on any atom is -0.457 e. The first-order chi connectivity index (χ1) is 6.25. The lowest BCUT2D eigenvalue weighted by Gasteiger charge is -2.09. The van der Waals surface area contributed by atoms with Crippen LogP contribution in [-0.4, -0.2) is 5.97 Å². The third kappa shape index (κ3) is 1.72. The minimum absolute atomic E-state index is 0.00704. The number of rotatable bonds is 1. The molecule has 0 spiro atoms. The van der Waals surface area contributed by atoms with E-state index < -0.39 is 0 Å². The predicted octanol–water partition coefficient (Wildman–Crippen LogP) is 2.37. The van der Waals surface area contributed by atoms with Crippen LogP contribution in [0.1, 0.15) is 30.1 Å². The summed E-state index contributed by atoms with van der Waals surface area (Å²) in [6.07, 6.45) is 1.37. The van der Waals surface area contributed by atoms with Gasteiger partial charge in [-0.1, -0.05) is 29.8 Å². The van der Waals surface area contributed by atoms with Gasteiger partial charge in [-0.3, -0.25) is 4.79 Å². The van der Waals surface area contributed by atoms with Crippen LogP contribution in [0.2, 0.25) is 0 Å². The van der Waals surface area contributed by atoms with Crippen LogP contribution in [0.15, 0.2) is 24.3 Å². The van der Waals surface area contributed by atoms with Gasteiger partial charge in [-0.25, -0.2) is 0 Å². The summed E-state index contributed by atoms with van der Waals surface area (Å²) in [5.41, 5.74) is 2.33. The molecule has 0 radical (unpaired) electrons. The molecule has 0 aliphatic carbocycles. The van der Waals surface area contributed by atoms with Crippen molar-refractivity contribution in [3.8, 4) is 0 Å². The number of benzene rings is 1. The topological polar surface area (TPSA) is 26.3 Å². The Labute approximate surface area is 77.5 Å². The van der Waals surface area contributed by atoms with Gasteiger partial charge in [0.25, 0.3) is 0 Å². The number of carbonyl (C=O) groups excluding carboxylic acids is 1. The molecule has 1 heterocycles. The van der Waals surface area contributed by atoms with Crippen LogP contribution in [0, 0.1) is 6.92 Å². The molecule has 0 bridgehead atoms. The third-order valence-corrected chi connectivity index (χ3v) is 2.30. The molecule has 1 aliphatic heterocycles. The van der Waals surface area contributed by atoms with Crippen molar-refractivity contribution in [1.29, 1.82) is 0 Å². The molecule has 2 nitrogen and oxygen atoms in total. The highest BCUT2D eigenvalue weighted by Gasteiger charge is 2.24. The van der Waals surface area contributed by atoms with Crippen LogP contribution in [0.25, 0.3) is 0 Å². The van der Waals surface area contributed by atoms with Crippen LogP contribution in [0.3, 0.4) is 0 Å². The molecule has 13 heavy (non-hydrogen) atoms. The molecule has 1 fully saturated rings. The normalized spacial score (nSPS) is 21.6. The van der Waals surface area contributed by atoms with Crippen LogP contribution in [0.5, 0.6) is 0 Å². The SMILES string of the molecule is Cc1cccc([C@@H]2CCC(=O)O2)c1. The summed E-state index contributed by atoms with van der Waals surface area (Å²) >= 11 is 0. The standard InChI is InChI=1S/C11H12O2/c1-8-3-2-4-9(7-8)10-5-6-11(12)13-10/h2-4,7,10H,5-6H2,1H3/t10-/m0/s1. The fourth-order valence-corrected chi connectivity index (χ4v) is 1.63. The highest BCUT2D eigenvalue weighted by atomic mass is 16.5. The molecule has 0 unspecified atom stereocenters. The number of hydrogen-bond acceptors (Lipinski definition) is 2. The van der Waals surface area contributed by atoms with Gasteiger partial charge in [0.05, 0.1) is 0 Å². The number of esters is 1. The lowest BCUT2D eigenvalue weighted by atomic mass is 10.0. The average Bonchev–Trinajstić information content (AvgIpc) is 2.52. The molecule has 1 saturated heterocycles. The Hall–Kier alpha value is -1.31. The second-order valence-corrected chi connectivity index (χ2v) is 3.43. The Bertz CT molecular complexity index is 331. The zero-order chi connectivity index (χ0) is 9.26. The Morgan fingerprint density at radius 1 is 1.46 bits per heavy atom. The molecule has 0 saturated carbocycles. The molecule has 0 aromatic heterocycles. The molecule has 1 aromatic carbocycles. The van der Waals surface area contributed by atoms with E-state index in [0.717, 1.165) is 12.0 Å². The predicted molar refractivity (Wildman–Crippen MR) is 49.2 cm³/mol. The van der Waals surface area contributed by atoms with Crippen molar-refractivity contribution in [2.24, 2.45) is 0 Å². The maximum atomic E-state index is 10.9. The van der Waals surface area contributed by atoms with E-state index in [1.807, 2.05) is 25.1 Å². The number of aryl methyl sites for hydroxylation is 1. The minimum atomic E-state index is -0.0773. The first kappa shape index (κ1) is 8.30. The maximum absolute atomic E-state index is 10.9. The van der Waals surface area contributed by atoms with Crippen molar-refractivity contribution in [3.05, 3.63) is 35.4 Å². The Balaban J connectivity index is 2.21. The average molecular weight is 176 g/mol. The van der Waals surface area contributed by atoms with Crippen LogP contribution < -0.4 is 0 Å². The van der Waals surface area contributed by atoms with E-state index in [2.05, 4.69) is 6.07 Å². The van der Waals surface area contributed by atoms with E-state index in [1.54, 1.807) is 0 Å². The summed E-state index contributed by atoms with van der Waals surface area (Å²) < 4.78 is 5.16. The van der Waals surface area contributed by atoms with Crippen LogP contribution in [-0.2, 0) is 9.53 Å². The molecule has 1 aliphatic rings. The van der Waals surface area contributed by atoms with Crippen molar-refractivity contribution in [2.45, 2.75) is 25.9 Å². The molecule has 1 aromatic rings. The Kier molecular flexibility index (Phi) is 2.05. The molecule has 0 N–H and O–H groups in total. The van der Waals surface area contributed by atoms with Gasteiger partial charge in [-0.15, -0.1) is 0 Å². The van der Waals surface area contributed by atoms with Crippen molar-refractivity contribution in [2.75, 3.05) is 0 Å². The zero-order valence-electron chi connectivity index (χ0n) is 7.62. The smallest absolute Gasteiger partial charge is 0.306 e. The molecule has 68 valence electrons. The van der Waals surface area contributed by atoms with Gasteiger partial charge in [0.15, 0.2) is 0 Å². The number of carbonyl (C=O) groups is 1. The Morgan fingerprint density at radius 3 is 2.92 bits per heavy atom. The highest BCUT2D eigenvalue weighted by molar-refractivity contribution is 5.71. The second kappa shape index (κ2) is 3.21. The molecule has 0 amide bonds. The van der Waals surface area contributed by atoms with E-state index >= 15 is 0 Å². The molecular formula is C11H12O2. The molecule has 2 heteroatoms. The van der Waals surface area contributed by atoms with E-state index in [1.165, 1.54) is 5.56 Å². The van der Waals surface area contributed by atoms with Gasteiger partial charge in [-0.05, 0) is 18.9 Å². The van der Waals surface area contributed by atoms with Gasteiger partial charge >= 0.3 is 5.97 Å². The van der Waals surface area contributed by atoms with Crippen LogP contribution >= 0.6 is 0 Å². The number of ether oxygens (including phenoxy) is 1. The summed E-state index contributed by atoms with van der Waals surface area (Å²) in [6, 6.07) is 8.12. The van der Waals surface area contributed by atoms with Crippen molar-refractivity contribution in [1.82, 2.24) is 0 Å². The lowest BCUT2D eigenvalue weighted by molar-refractivity contribution is -0.141. The molecule has 2 rings (SSSR count). The summed E-state index contributed by atoms with van der Waals surface area (Å²) in [6.45, 7) is 2.04. The monoisotopic (exact) mass is 176 g/mol. The summed E-state index contributed by atoms with van der Waals surface area (Å²) in [5.74, 6) is -0.0773. The number of cyclic esters (lactones) is 1. The van der Waals surface area contributed by atoms with Gasteiger partial charge in [-0.2, -0.15) is 0 Å². The maximum Gasteiger partial charge on any atom is 0.306 e. The summed E-state index contributed by atoms with van der Waals surface area (Å²) in [5, 5.41) is 0. The summed E-state index contributed by atoms with van der Waals surface area (Å²) in [4.78, 5) is 10.9. The summed E-state index contributed by atoms with van der Waals surface area (Å²) in [7, 11) is 0. The van der Waals surface area contributed by atoms with Crippen LogP contribution in [0.4, 0.5) is 0 Å². The van der Waals surface area contributed by atoms with E-state index in [9.17, 15) is 4.79 Å². The van der Waals surface area contributed by atoms with Crippen molar-refractivity contribution in [3.63, 3.8) is 0 Å². The second-order valence-electron chi connectivity index (χ2n) is 3.43. The van der Waals surface area contributed by atoms with E-state index in [-0.39, 0.29) is 12.1 Å². The highest BCUT2D eigenvalue weighted by Crippen LogP contribution is 2.29. The Morgan fingerprint density at radius 2 is 2.31 bits per heavy atom. The van der Waals surface area contributed by atoms with Gasteiger partial charge < -0.3 is 4.74 Å². The third-order valence-electron chi connectivity index (χ3n) is 2.30.